The van der Waals surface area contributed by atoms with Crippen LogP contribution in [0, 0.1) is 0 Å². The second-order valence-corrected chi connectivity index (χ2v) is 4.83. The number of benzene rings is 2. The standard InChI is InChI=1S/C17H21NO2/c19-13-16(17(20)15-9-5-2-6-10-15)18-12-11-14-7-3-1-4-8-14/h1-10,16-20H,11-13H2. The molecule has 0 aromatic heterocycles. The highest BCUT2D eigenvalue weighted by Gasteiger charge is 2.19. The van der Waals surface area contributed by atoms with Crippen molar-refractivity contribution in [2.24, 2.45) is 0 Å². The first kappa shape index (κ1) is 14.7. The monoisotopic (exact) mass is 271 g/mol. The molecule has 0 aliphatic rings. The minimum absolute atomic E-state index is 0.0924. The van der Waals surface area contributed by atoms with Crippen molar-refractivity contribution in [1.29, 1.82) is 0 Å². The maximum atomic E-state index is 10.3. The average Bonchev–Trinajstić information content (AvgIpc) is 2.53. The van der Waals surface area contributed by atoms with E-state index < -0.39 is 6.10 Å². The molecule has 3 nitrogen and oxygen atoms in total. The Morgan fingerprint density at radius 2 is 1.50 bits per heavy atom. The summed E-state index contributed by atoms with van der Waals surface area (Å²) in [6.45, 7) is 0.629. The van der Waals surface area contributed by atoms with Gasteiger partial charge >= 0.3 is 0 Å². The highest BCUT2D eigenvalue weighted by atomic mass is 16.3. The third-order valence-electron chi connectivity index (χ3n) is 3.38. The van der Waals surface area contributed by atoms with Gasteiger partial charge in [-0.2, -0.15) is 0 Å². The number of hydrogen-bond donors (Lipinski definition) is 3. The predicted octanol–water partition coefficient (Wildman–Crippen LogP) is 1.91. The van der Waals surface area contributed by atoms with E-state index in [0.717, 1.165) is 18.5 Å². The third-order valence-corrected chi connectivity index (χ3v) is 3.38. The van der Waals surface area contributed by atoms with E-state index in [9.17, 15) is 10.2 Å². The molecule has 0 saturated carbocycles. The molecule has 2 unspecified atom stereocenters. The van der Waals surface area contributed by atoms with Gasteiger partial charge in [0.2, 0.25) is 0 Å². The summed E-state index contributed by atoms with van der Waals surface area (Å²) in [6, 6.07) is 19.2. The molecule has 2 aromatic rings. The van der Waals surface area contributed by atoms with Crippen molar-refractivity contribution in [3.8, 4) is 0 Å². The molecule has 0 fully saturated rings. The molecular formula is C17H21NO2. The van der Waals surface area contributed by atoms with Crippen LogP contribution in [-0.4, -0.2) is 29.4 Å². The van der Waals surface area contributed by atoms with Gasteiger partial charge in [0.05, 0.1) is 18.8 Å². The fraction of sp³-hybridized carbons (Fsp3) is 0.294. The van der Waals surface area contributed by atoms with E-state index in [2.05, 4.69) is 17.4 Å². The van der Waals surface area contributed by atoms with Crippen LogP contribution >= 0.6 is 0 Å². The van der Waals surface area contributed by atoms with Gasteiger partial charge in [-0.25, -0.2) is 0 Å². The minimum atomic E-state index is -0.697. The number of rotatable bonds is 7. The zero-order valence-corrected chi connectivity index (χ0v) is 11.4. The molecule has 3 N–H and O–H groups in total. The van der Waals surface area contributed by atoms with Crippen LogP contribution < -0.4 is 5.32 Å². The van der Waals surface area contributed by atoms with Crippen LogP contribution in [0.1, 0.15) is 17.2 Å². The fourth-order valence-corrected chi connectivity index (χ4v) is 2.21. The molecule has 0 spiro atoms. The molecule has 0 aliphatic carbocycles. The Bertz CT molecular complexity index is 487. The van der Waals surface area contributed by atoms with Gasteiger partial charge in [-0.15, -0.1) is 0 Å². The zero-order chi connectivity index (χ0) is 14.2. The van der Waals surface area contributed by atoms with Crippen LogP contribution in [0.15, 0.2) is 60.7 Å². The van der Waals surface area contributed by atoms with Crippen molar-refractivity contribution in [1.82, 2.24) is 5.32 Å². The second kappa shape index (κ2) is 7.80. The average molecular weight is 271 g/mol. The molecule has 2 atom stereocenters. The molecule has 0 heterocycles. The Morgan fingerprint density at radius 3 is 2.10 bits per heavy atom. The smallest absolute Gasteiger partial charge is 0.0965 e. The third kappa shape index (κ3) is 4.17. The van der Waals surface area contributed by atoms with Gasteiger partial charge in [0.15, 0.2) is 0 Å². The molecular weight excluding hydrogens is 250 g/mol. The van der Waals surface area contributed by atoms with Crippen molar-refractivity contribution in [3.63, 3.8) is 0 Å². The molecule has 3 heteroatoms. The number of aliphatic hydroxyl groups excluding tert-OH is 2. The molecule has 0 radical (unpaired) electrons. The first-order valence-corrected chi connectivity index (χ1v) is 6.92. The van der Waals surface area contributed by atoms with E-state index in [-0.39, 0.29) is 12.6 Å². The number of hydrogen-bond acceptors (Lipinski definition) is 3. The minimum Gasteiger partial charge on any atom is -0.395 e. The van der Waals surface area contributed by atoms with Crippen LogP contribution in [0.4, 0.5) is 0 Å². The Kier molecular flexibility index (Phi) is 5.74. The highest BCUT2D eigenvalue weighted by Crippen LogP contribution is 2.16. The maximum absolute atomic E-state index is 10.3. The fourth-order valence-electron chi connectivity index (χ4n) is 2.21. The van der Waals surface area contributed by atoms with Gasteiger partial charge in [-0.1, -0.05) is 60.7 Å². The van der Waals surface area contributed by atoms with E-state index >= 15 is 0 Å². The van der Waals surface area contributed by atoms with Crippen LogP contribution in [0.5, 0.6) is 0 Å². The normalized spacial score (nSPS) is 13.9. The number of nitrogens with one attached hydrogen (secondary N) is 1. The first-order valence-electron chi connectivity index (χ1n) is 6.92. The lowest BCUT2D eigenvalue weighted by Gasteiger charge is -2.22. The maximum Gasteiger partial charge on any atom is 0.0965 e. The predicted molar refractivity (Wildman–Crippen MR) is 80.4 cm³/mol. The summed E-state index contributed by atoms with van der Waals surface area (Å²) in [4.78, 5) is 0. The topological polar surface area (TPSA) is 52.5 Å². The van der Waals surface area contributed by atoms with Crippen molar-refractivity contribution in [2.75, 3.05) is 13.2 Å². The van der Waals surface area contributed by atoms with Crippen LogP contribution in [-0.2, 0) is 6.42 Å². The molecule has 0 aliphatic heterocycles. The lowest BCUT2D eigenvalue weighted by molar-refractivity contribution is 0.0904. The molecule has 0 bridgehead atoms. The van der Waals surface area contributed by atoms with Crippen LogP contribution in [0.3, 0.4) is 0 Å². The Balaban J connectivity index is 1.86. The van der Waals surface area contributed by atoms with Crippen molar-refractivity contribution >= 4 is 0 Å². The van der Waals surface area contributed by atoms with Crippen LogP contribution in [0.2, 0.25) is 0 Å². The molecule has 106 valence electrons. The van der Waals surface area contributed by atoms with Crippen molar-refractivity contribution < 1.29 is 10.2 Å². The zero-order valence-electron chi connectivity index (χ0n) is 11.4. The summed E-state index contributed by atoms with van der Waals surface area (Å²) >= 11 is 0. The molecule has 20 heavy (non-hydrogen) atoms. The van der Waals surface area contributed by atoms with E-state index in [1.165, 1.54) is 5.56 Å². The van der Waals surface area contributed by atoms with E-state index in [1.54, 1.807) is 0 Å². The molecule has 2 aromatic carbocycles. The molecule has 0 saturated heterocycles. The Hall–Kier alpha value is -1.68. The van der Waals surface area contributed by atoms with E-state index in [4.69, 9.17) is 0 Å². The van der Waals surface area contributed by atoms with E-state index in [0.29, 0.717) is 0 Å². The molecule has 2 rings (SSSR count). The summed E-state index contributed by atoms with van der Waals surface area (Å²) in [5.41, 5.74) is 2.06. The lowest BCUT2D eigenvalue weighted by atomic mass is 10.0. The van der Waals surface area contributed by atoms with Gasteiger partial charge < -0.3 is 15.5 Å². The first-order chi connectivity index (χ1) is 9.81. The SMILES string of the molecule is OCC(NCCc1ccccc1)C(O)c1ccccc1. The summed E-state index contributed by atoms with van der Waals surface area (Å²) < 4.78 is 0. The van der Waals surface area contributed by atoms with Gasteiger partial charge in [-0.05, 0) is 24.1 Å². The Morgan fingerprint density at radius 1 is 0.900 bits per heavy atom. The van der Waals surface area contributed by atoms with Gasteiger partial charge in [-0.3, -0.25) is 0 Å². The van der Waals surface area contributed by atoms with Crippen molar-refractivity contribution in [3.05, 3.63) is 71.8 Å². The lowest BCUT2D eigenvalue weighted by Crippen LogP contribution is -2.39. The summed E-state index contributed by atoms with van der Waals surface area (Å²) in [7, 11) is 0. The van der Waals surface area contributed by atoms with Gasteiger partial charge in [0, 0.05) is 0 Å². The number of aliphatic hydroxyl groups is 2. The van der Waals surface area contributed by atoms with E-state index in [1.807, 2.05) is 48.5 Å². The Labute approximate surface area is 119 Å². The second-order valence-electron chi connectivity index (χ2n) is 4.83. The van der Waals surface area contributed by atoms with Gasteiger partial charge in [0.1, 0.15) is 0 Å². The van der Waals surface area contributed by atoms with Crippen LogP contribution in [0.25, 0.3) is 0 Å². The summed E-state index contributed by atoms with van der Waals surface area (Å²) in [5.74, 6) is 0. The summed E-state index contributed by atoms with van der Waals surface area (Å²) in [5, 5.41) is 22.9. The quantitative estimate of drug-likeness (QED) is 0.721. The molecule has 0 amide bonds. The summed E-state index contributed by atoms with van der Waals surface area (Å²) in [6.07, 6.45) is 0.177. The largest absolute Gasteiger partial charge is 0.395 e. The van der Waals surface area contributed by atoms with Crippen molar-refractivity contribution in [2.45, 2.75) is 18.6 Å². The van der Waals surface area contributed by atoms with Gasteiger partial charge in [0.25, 0.3) is 0 Å². The highest BCUT2D eigenvalue weighted by molar-refractivity contribution is 5.19.